The van der Waals surface area contributed by atoms with Crippen molar-refractivity contribution in [3.63, 3.8) is 0 Å². The van der Waals surface area contributed by atoms with Crippen LogP contribution in [-0.2, 0) is 11.2 Å². The Morgan fingerprint density at radius 3 is 2.57 bits per heavy atom. The first-order valence-electron chi connectivity index (χ1n) is 7.24. The van der Waals surface area contributed by atoms with Crippen molar-refractivity contribution < 1.29 is 20.1 Å². The van der Waals surface area contributed by atoms with Gasteiger partial charge >= 0.3 is 5.97 Å². The molecule has 3 N–H and O–H groups in total. The standard InChI is InChI=1S/C16H18N2O4S/c1-16(2)12(15(21)22)18-10(8-9-6-4-3-5-7-9)17-11(14(19)20)13(18)23-16/h3-7,12,14,19-20H,8H2,1-2H3,(H,21,22)/t12-/m0/s1. The van der Waals surface area contributed by atoms with Gasteiger partial charge in [-0.2, -0.15) is 0 Å². The van der Waals surface area contributed by atoms with Crippen LogP contribution in [0.1, 0.15) is 43.3 Å². The Morgan fingerprint density at radius 1 is 1.35 bits per heavy atom. The predicted molar refractivity (Wildman–Crippen MR) is 85.3 cm³/mol. The molecule has 122 valence electrons. The minimum Gasteiger partial charge on any atom is -0.480 e. The number of aliphatic carboxylic acids is 1. The van der Waals surface area contributed by atoms with Crippen LogP contribution in [0, 0.1) is 0 Å². The van der Waals surface area contributed by atoms with E-state index in [4.69, 9.17) is 0 Å². The summed E-state index contributed by atoms with van der Waals surface area (Å²) in [5.74, 6) is -0.424. The monoisotopic (exact) mass is 334 g/mol. The number of thioether (sulfide) groups is 1. The second-order valence-corrected chi connectivity index (χ2v) is 7.71. The quantitative estimate of drug-likeness (QED) is 0.740. The number of aliphatic hydroxyl groups excluding tert-OH is 1. The fourth-order valence-electron chi connectivity index (χ4n) is 2.94. The van der Waals surface area contributed by atoms with Gasteiger partial charge < -0.3 is 19.9 Å². The number of aliphatic hydroxyl groups is 2. The van der Waals surface area contributed by atoms with E-state index in [1.54, 1.807) is 4.57 Å². The van der Waals surface area contributed by atoms with Crippen LogP contribution < -0.4 is 0 Å². The average molecular weight is 334 g/mol. The highest BCUT2D eigenvalue weighted by Gasteiger charge is 2.48. The summed E-state index contributed by atoms with van der Waals surface area (Å²) in [4.78, 5) is 16.1. The molecular weight excluding hydrogens is 316 g/mol. The van der Waals surface area contributed by atoms with E-state index in [2.05, 4.69) is 4.98 Å². The molecule has 1 atom stereocenters. The summed E-state index contributed by atoms with van der Waals surface area (Å²) in [7, 11) is 0. The highest BCUT2D eigenvalue weighted by molar-refractivity contribution is 8.00. The first-order valence-corrected chi connectivity index (χ1v) is 8.06. The molecule has 1 aliphatic rings. The van der Waals surface area contributed by atoms with Crippen molar-refractivity contribution in [1.82, 2.24) is 9.55 Å². The van der Waals surface area contributed by atoms with E-state index in [0.29, 0.717) is 17.3 Å². The van der Waals surface area contributed by atoms with E-state index in [1.807, 2.05) is 44.2 Å². The Morgan fingerprint density at radius 2 is 2.00 bits per heavy atom. The first-order chi connectivity index (χ1) is 10.8. The highest BCUT2D eigenvalue weighted by atomic mass is 32.2. The molecule has 3 rings (SSSR count). The van der Waals surface area contributed by atoms with E-state index in [9.17, 15) is 20.1 Å². The van der Waals surface area contributed by atoms with Gasteiger partial charge in [0.05, 0.1) is 0 Å². The van der Waals surface area contributed by atoms with Gasteiger partial charge in [-0.15, -0.1) is 0 Å². The van der Waals surface area contributed by atoms with Crippen LogP contribution in [0.2, 0.25) is 0 Å². The molecule has 0 bridgehead atoms. The number of aromatic nitrogens is 2. The number of carboxylic acids is 1. The number of rotatable bonds is 4. The number of fused-ring (bicyclic) bond motifs is 1. The number of benzene rings is 1. The smallest absolute Gasteiger partial charge is 0.328 e. The first kappa shape index (κ1) is 16.0. The van der Waals surface area contributed by atoms with Crippen LogP contribution in [-0.4, -0.2) is 35.6 Å². The molecule has 1 aromatic heterocycles. The van der Waals surface area contributed by atoms with Crippen LogP contribution in [0.4, 0.5) is 0 Å². The summed E-state index contributed by atoms with van der Waals surface area (Å²) in [6, 6.07) is 8.76. The molecule has 0 radical (unpaired) electrons. The third-order valence-electron chi connectivity index (χ3n) is 3.93. The fraction of sp³-hybridized carbons (Fsp3) is 0.375. The summed E-state index contributed by atoms with van der Waals surface area (Å²) >= 11 is 1.32. The van der Waals surface area contributed by atoms with Crippen molar-refractivity contribution in [2.45, 2.75) is 42.4 Å². The molecule has 0 unspecified atom stereocenters. The minimum atomic E-state index is -1.73. The molecule has 0 aliphatic carbocycles. The lowest BCUT2D eigenvalue weighted by Gasteiger charge is -2.24. The molecule has 0 saturated carbocycles. The van der Waals surface area contributed by atoms with Gasteiger partial charge in [-0.3, -0.25) is 0 Å². The minimum absolute atomic E-state index is 0.123. The third kappa shape index (κ3) is 2.75. The lowest BCUT2D eigenvalue weighted by Crippen LogP contribution is -2.32. The van der Waals surface area contributed by atoms with Crippen molar-refractivity contribution >= 4 is 17.7 Å². The second kappa shape index (κ2) is 5.67. The molecule has 0 saturated heterocycles. The van der Waals surface area contributed by atoms with Crippen molar-refractivity contribution in [3.8, 4) is 0 Å². The van der Waals surface area contributed by atoms with E-state index in [1.165, 1.54) is 11.8 Å². The van der Waals surface area contributed by atoms with E-state index >= 15 is 0 Å². The maximum atomic E-state index is 11.8. The van der Waals surface area contributed by atoms with Crippen LogP contribution >= 0.6 is 11.8 Å². The Hall–Kier alpha value is -1.83. The predicted octanol–water partition coefficient (Wildman–Crippen LogP) is 1.97. The molecular formula is C16H18N2O4S. The normalized spacial score (nSPS) is 19.1. The van der Waals surface area contributed by atoms with Gasteiger partial charge in [-0.1, -0.05) is 42.1 Å². The lowest BCUT2D eigenvalue weighted by molar-refractivity contribution is -0.141. The molecule has 0 amide bonds. The lowest BCUT2D eigenvalue weighted by atomic mass is 10.0. The van der Waals surface area contributed by atoms with Gasteiger partial charge in [0.2, 0.25) is 0 Å². The molecule has 2 heterocycles. The molecule has 0 spiro atoms. The number of carbonyl (C=O) groups is 1. The number of nitrogens with zero attached hydrogens (tertiary/aromatic N) is 2. The van der Waals surface area contributed by atoms with Crippen LogP contribution in [0.5, 0.6) is 0 Å². The Bertz CT molecular complexity index is 740. The maximum Gasteiger partial charge on any atom is 0.328 e. The van der Waals surface area contributed by atoms with Gasteiger partial charge in [0.25, 0.3) is 0 Å². The summed E-state index contributed by atoms with van der Waals surface area (Å²) < 4.78 is 1.04. The largest absolute Gasteiger partial charge is 0.480 e. The molecule has 7 heteroatoms. The Kier molecular flexibility index (Phi) is 3.95. The van der Waals surface area contributed by atoms with Crippen LogP contribution in [0.3, 0.4) is 0 Å². The number of imidazole rings is 1. The third-order valence-corrected chi connectivity index (χ3v) is 5.27. The van der Waals surface area contributed by atoms with Gasteiger partial charge in [-0.25, -0.2) is 9.78 Å². The molecule has 2 aromatic rings. The van der Waals surface area contributed by atoms with Crippen molar-refractivity contribution in [3.05, 3.63) is 47.4 Å². The van der Waals surface area contributed by atoms with Gasteiger partial charge in [0.15, 0.2) is 6.29 Å². The molecule has 0 fully saturated rings. The summed E-state index contributed by atoms with van der Waals surface area (Å²) in [5, 5.41) is 29.3. The van der Waals surface area contributed by atoms with E-state index in [-0.39, 0.29) is 5.69 Å². The number of hydrogen-bond donors (Lipinski definition) is 3. The summed E-state index contributed by atoms with van der Waals surface area (Å²) in [5.41, 5.74) is 1.11. The maximum absolute atomic E-state index is 11.8. The second-order valence-electron chi connectivity index (χ2n) is 6.07. The fourth-order valence-corrected chi connectivity index (χ4v) is 4.33. The summed E-state index contributed by atoms with van der Waals surface area (Å²) in [6.45, 7) is 3.67. The zero-order valence-corrected chi connectivity index (χ0v) is 13.6. The Labute approximate surface area is 137 Å². The molecule has 1 aromatic carbocycles. The van der Waals surface area contributed by atoms with Crippen LogP contribution in [0.15, 0.2) is 35.4 Å². The van der Waals surface area contributed by atoms with Crippen molar-refractivity contribution in [2.75, 3.05) is 0 Å². The van der Waals surface area contributed by atoms with Gasteiger partial charge in [0.1, 0.15) is 22.6 Å². The summed E-state index contributed by atoms with van der Waals surface area (Å²) in [6.07, 6.45) is -1.29. The van der Waals surface area contributed by atoms with Gasteiger partial charge in [-0.05, 0) is 19.4 Å². The SMILES string of the molecule is CC1(C)Sc2c(C(O)O)nc(Cc3ccccc3)n2[C@H]1C(=O)O. The average Bonchev–Trinajstić information content (AvgIpc) is 2.92. The molecule has 23 heavy (non-hydrogen) atoms. The van der Waals surface area contributed by atoms with E-state index < -0.39 is 23.0 Å². The topological polar surface area (TPSA) is 95.6 Å². The van der Waals surface area contributed by atoms with Crippen molar-refractivity contribution in [2.24, 2.45) is 0 Å². The van der Waals surface area contributed by atoms with E-state index in [0.717, 1.165) is 5.56 Å². The number of carboxylic acid groups (broad SMARTS) is 1. The molecule has 6 nitrogen and oxygen atoms in total. The Balaban J connectivity index is 2.12. The van der Waals surface area contributed by atoms with Crippen molar-refractivity contribution in [1.29, 1.82) is 0 Å². The van der Waals surface area contributed by atoms with Crippen LogP contribution in [0.25, 0.3) is 0 Å². The zero-order valence-electron chi connectivity index (χ0n) is 12.8. The van der Waals surface area contributed by atoms with Gasteiger partial charge in [0, 0.05) is 11.2 Å². The number of hydrogen-bond acceptors (Lipinski definition) is 5. The highest BCUT2D eigenvalue weighted by Crippen LogP contribution is 2.51. The molecule has 1 aliphatic heterocycles. The zero-order chi connectivity index (χ0) is 16.8.